The van der Waals surface area contributed by atoms with Crippen molar-refractivity contribution in [2.45, 2.75) is 26.4 Å². The maximum Gasteiger partial charge on any atom is 0.392 e. The zero-order valence-electron chi connectivity index (χ0n) is 19.0. The predicted octanol–water partition coefficient (Wildman–Crippen LogP) is 3.80. The molecule has 0 aliphatic carbocycles. The average Bonchev–Trinajstić information content (AvgIpc) is 3.43. The number of carbonyl (C=O) groups excluding carboxylic acids is 2. The lowest BCUT2D eigenvalue weighted by atomic mass is 10.4. The molecule has 0 bridgehead atoms. The highest BCUT2D eigenvalue weighted by molar-refractivity contribution is 6.29. The lowest BCUT2D eigenvalue weighted by Crippen LogP contribution is -2.14. The summed E-state index contributed by atoms with van der Waals surface area (Å²) < 4.78 is 53.3. The Kier molecular flexibility index (Phi) is 8.64. The third-order valence-corrected chi connectivity index (χ3v) is 4.47. The number of imidazole rings is 2. The molecule has 0 saturated heterocycles. The second-order valence-electron chi connectivity index (χ2n) is 6.81. The van der Waals surface area contributed by atoms with Gasteiger partial charge in [0.2, 0.25) is 5.88 Å². The lowest BCUT2D eigenvalue weighted by molar-refractivity contribution is -0.139. The van der Waals surface area contributed by atoms with E-state index in [4.69, 9.17) is 25.8 Å². The fraction of sp³-hybridized carbons (Fsp3) is 0.333. The fourth-order valence-corrected chi connectivity index (χ4v) is 2.88. The normalized spacial score (nSPS) is 11.2. The average molecular weight is 529 g/mol. The summed E-state index contributed by atoms with van der Waals surface area (Å²) in [6.45, 7) is 3.34. The highest BCUT2D eigenvalue weighted by Crippen LogP contribution is 2.20. The molecule has 0 spiro atoms. The van der Waals surface area contributed by atoms with E-state index in [2.05, 4.69) is 20.2 Å². The van der Waals surface area contributed by atoms with E-state index >= 15 is 0 Å². The van der Waals surface area contributed by atoms with Crippen LogP contribution in [0.1, 0.15) is 41.2 Å². The van der Waals surface area contributed by atoms with E-state index in [0.717, 1.165) is 0 Å². The van der Waals surface area contributed by atoms with Crippen LogP contribution in [0.15, 0.2) is 36.7 Å². The number of aromatic nitrogens is 6. The Morgan fingerprint density at radius 2 is 1.42 bits per heavy atom. The van der Waals surface area contributed by atoms with E-state index in [1.807, 2.05) is 0 Å². The van der Waals surface area contributed by atoms with Gasteiger partial charge in [-0.1, -0.05) is 11.6 Å². The number of halogens is 4. The van der Waals surface area contributed by atoms with Crippen molar-refractivity contribution in [3.05, 3.63) is 53.2 Å². The highest BCUT2D eigenvalue weighted by Gasteiger charge is 2.27. The van der Waals surface area contributed by atoms with E-state index < -0.39 is 31.1 Å². The monoisotopic (exact) mass is 528 g/mol. The number of nitrogens with zero attached hydrogens (tertiary/aromatic N) is 6. The molecular weight excluding hydrogens is 509 g/mol. The number of rotatable bonds is 7. The molecule has 4 heterocycles. The summed E-state index contributed by atoms with van der Waals surface area (Å²) in [5.74, 6) is -1.11. The van der Waals surface area contributed by atoms with Crippen LogP contribution in [-0.4, -0.2) is 67.1 Å². The second kappa shape index (κ2) is 11.7. The van der Waals surface area contributed by atoms with Crippen molar-refractivity contribution in [2.75, 3.05) is 19.8 Å². The number of alkyl halides is 3. The van der Waals surface area contributed by atoms with Gasteiger partial charge in [-0.05, 0) is 32.0 Å². The van der Waals surface area contributed by atoms with Gasteiger partial charge in [-0.3, -0.25) is 0 Å². The van der Waals surface area contributed by atoms with Gasteiger partial charge in [0.05, 0.1) is 38.6 Å². The number of hydrogen-bond acceptors (Lipinski definition) is 9. The van der Waals surface area contributed by atoms with Gasteiger partial charge in [0.1, 0.15) is 5.15 Å². The van der Waals surface area contributed by atoms with Gasteiger partial charge >= 0.3 is 18.1 Å². The van der Waals surface area contributed by atoms with Crippen molar-refractivity contribution in [3.8, 4) is 5.88 Å². The number of ether oxygens (including phenoxy) is 3. The Bertz CT molecular complexity index is 1360. The van der Waals surface area contributed by atoms with Crippen molar-refractivity contribution in [1.29, 1.82) is 0 Å². The van der Waals surface area contributed by atoms with Gasteiger partial charge in [-0.2, -0.15) is 18.3 Å². The van der Waals surface area contributed by atoms with Gasteiger partial charge < -0.3 is 14.2 Å². The fourth-order valence-electron chi connectivity index (χ4n) is 2.74. The van der Waals surface area contributed by atoms with Crippen molar-refractivity contribution in [3.63, 3.8) is 0 Å². The number of fused-ring (bicyclic) bond motifs is 2. The number of esters is 2. The van der Waals surface area contributed by atoms with Crippen LogP contribution in [-0.2, 0) is 9.47 Å². The summed E-state index contributed by atoms with van der Waals surface area (Å²) in [5, 5.41) is 8.18. The Hall–Kier alpha value is -3.94. The van der Waals surface area contributed by atoms with Gasteiger partial charge in [0, 0.05) is 6.07 Å². The first-order chi connectivity index (χ1) is 17.1. The first-order valence-corrected chi connectivity index (χ1v) is 10.9. The molecule has 0 saturated carbocycles. The highest BCUT2D eigenvalue weighted by atomic mass is 35.5. The zero-order valence-corrected chi connectivity index (χ0v) is 19.8. The minimum atomic E-state index is -4.30. The SMILES string of the molecule is CCOC(=O)c1cnc2ccc(Cl)nn12.CCOC(=O)c1cnc2ccc(OCCC(F)(F)F)nn12. The first kappa shape index (κ1) is 26.7. The maximum atomic E-state index is 12.0. The Morgan fingerprint density at radius 1 is 0.889 bits per heavy atom. The summed E-state index contributed by atoms with van der Waals surface area (Å²) in [6.07, 6.45) is -2.69. The largest absolute Gasteiger partial charge is 0.476 e. The van der Waals surface area contributed by atoms with Crippen LogP contribution >= 0.6 is 11.6 Å². The van der Waals surface area contributed by atoms with Crippen molar-refractivity contribution < 1.29 is 37.0 Å². The molecule has 0 fully saturated rings. The van der Waals surface area contributed by atoms with Crippen LogP contribution in [0.4, 0.5) is 13.2 Å². The molecular formula is C21H20ClF3N6O5. The molecule has 15 heteroatoms. The standard InChI is InChI=1S/C12H12F3N3O3.C9H8ClN3O2/c1-2-20-11(19)8-7-16-9-3-4-10(17-18(8)9)21-6-5-12(13,14)15;1-2-15-9(14)6-5-11-8-4-3-7(10)12-13(6)8/h3-4,7H,2,5-6H2,1H3;3-5H,2H2,1H3. The molecule has 0 N–H and O–H groups in total. The van der Waals surface area contributed by atoms with Crippen LogP contribution in [0, 0.1) is 0 Å². The van der Waals surface area contributed by atoms with E-state index in [-0.39, 0.29) is 23.9 Å². The van der Waals surface area contributed by atoms with Crippen molar-refractivity contribution in [1.82, 2.24) is 29.2 Å². The van der Waals surface area contributed by atoms with Crippen LogP contribution in [0.3, 0.4) is 0 Å². The Morgan fingerprint density at radius 3 is 1.94 bits per heavy atom. The van der Waals surface area contributed by atoms with Gasteiger partial charge in [-0.15, -0.1) is 5.10 Å². The zero-order chi connectivity index (χ0) is 26.3. The van der Waals surface area contributed by atoms with Crippen LogP contribution in [0.5, 0.6) is 5.88 Å². The van der Waals surface area contributed by atoms with Crippen LogP contribution in [0.25, 0.3) is 11.3 Å². The Labute approximate surface area is 206 Å². The molecule has 4 aromatic rings. The molecule has 11 nitrogen and oxygen atoms in total. The maximum absolute atomic E-state index is 12.0. The second-order valence-corrected chi connectivity index (χ2v) is 7.20. The third kappa shape index (κ3) is 6.81. The molecule has 0 unspecified atom stereocenters. The van der Waals surface area contributed by atoms with E-state index in [0.29, 0.717) is 23.1 Å². The minimum absolute atomic E-state index is 0.0321. The van der Waals surface area contributed by atoms with Crippen LogP contribution < -0.4 is 4.74 Å². The van der Waals surface area contributed by atoms with Crippen molar-refractivity contribution in [2.24, 2.45) is 0 Å². The molecule has 0 aliphatic heterocycles. The molecule has 0 atom stereocenters. The van der Waals surface area contributed by atoms with Crippen molar-refractivity contribution >= 4 is 34.8 Å². The topological polar surface area (TPSA) is 122 Å². The molecule has 0 aromatic carbocycles. The molecule has 0 aliphatic rings. The molecule has 0 radical (unpaired) electrons. The number of carbonyl (C=O) groups is 2. The Balaban J connectivity index is 0.000000212. The molecule has 4 aromatic heterocycles. The smallest absolute Gasteiger partial charge is 0.392 e. The summed E-state index contributed by atoms with van der Waals surface area (Å²) in [4.78, 5) is 31.1. The summed E-state index contributed by atoms with van der Waals surface area (Å²) in [5.41, 5.74) is 1.27. The molecule has 192 valence electrons. The summed E-state index contributed by atoms with van der Waals surface area (Å²) >= 11 is 5.72. The molecule has 36 heavy (non-hydrogen) atoms. The third-order valence-electron chi connectivity index (χ3n) is 4.27. The van der Waals surface area contributed by atoms with Crippen LogP contribution in [0.2, 0.25) is 5.15 Å². The lowest BCUT2D eigenvalue weighted by Gasteiger charge is -2.08. The van der Waals surface area contributed by atoms with Gasteiger partial charge in [-0.25, -0.2) is 28.6 Å². The van der Waals surface area contributed by atoms with E-state index in [1.165, 1.54) is 33.6 Å². The summed E-state index contributed by atoms with van der Waals surface area (Å²) in [7, 11) is 0. The quantitative estimate of drug-likeness (QED) is 0.329. The predicted molar refractivity (Wildman–Crippen MR) is 119 cm³/mol. The van der Waals surface area contributed by atoms with E-state index in [9.17, 15) is 22.8 Å². The van der Waals surface area contributed by atoms with Gasteiger partial charge in [0.15, 0.2) is 22.7 Å². The number of hydrogen-bond donors (Lipinski definition) is 0. The first-order valence-electron chi connectivity index (χ1n) is 10.5. The molecule has 4 rings (SSSR count). The summed E-state index contributed by atoms with van der Waals surface area (Å²) in [6, 6.07) is 6.16. The van der Waals surface area contributed by atoms with Gasteiger partial charge in [0.25, 0.3) is 0 Å². The minimum Gasteiger partial charge on any atom is -0.476 e. The molecule has 0 amide bonds. The van der Waals surface area contributed by atoms with E-state index in [1.54, 1.807) is 26.0 Å².